The third-order valence-electron chi connectivity index (χ3n) is 5.24. The van der Waals surface area contributed by atoms with Crippen LogP contribution < -0.4 is 0 Å². The number of fused-ring (bicyclic) bond motifs is 1. The summed E-state index contributed by atoms with van der Waals surface area (Å²) in [5.74, 6) is -5.48. The summed E-state index contributed by atoms with van der Waals surface area (Å²) < 4.78 is 4.35. The predicted octanol–water partition coefficient (Wildman–Crippen LogP) is 2.13. The molecule has 46 heavy (non-hydrogen) atoms. The summed E-state index contributed by atoms with van der Waals surface area (Å²) in [5, 5.41) is 66.0. The number of aliphatic hydroxyl groups is 4. The molecule has 0 bridgehead atoms. The van der Waals surface area contributed by atoms with Crippen LogP contribution in [0.15, 0.2) is 72.8 Å². The molecule has 0 saturated heterocycles. The van der Waals surface area contributed by atoms with Crippen LogP contribution in [0.3, 0.4) is 0 Å². The summed E-state index contributed by atoms with van der Waals surface area (Å²) in [7, 11) is 0. The molecule has 0 aliphatic carbocycles. The fourth-order valence-corrected chi connectivity index (χ4v) is 2.62. The van der Waals surface area contributed by atoms with Crippen molar-refractivity contribution in [3.05, 3.63) is 106 Å². The highest BCUT2D eigenvalue weighted by atomic mass is 16.6. The number of aromatic carboxylic acids is 4. The fourth-order valence-electron chi connectivity index (χ4n) is 2.62. The Morgan fingerprint density at radius 1 is 0.543 bits per heavy atom. The lowest BCUT2D eigenvalue weighted by Crippen LogP contribution is -2.20. The highest BCUT2D eigenvalue weighted by Gasteiger charge is 2.28. The number of carbonyl (C=O) groups excluding carboxylic acids is 2. The Labute approximate surface area is 262 Å². The first kappa shape index (κ1) is 40.5. The van der Waals surface area contributed by atoms with E-state index in [2.05, 4.69) is 4.74 Å². The van der Waals surface area contributed by atoms with E-state index in [1.807, 2.05) is 0 Å². The van der Waals surface area contributed by atoms with E-state index in [4.69, 9.17) is 40.9 Å². The smallest absolute Gasteiger partial charge is 0.346 e. The van der Waals surface area contributed by atoms with E-state index in [-0.39, 0.29) is 54.1 Å². The molecule has 8 N–H and O–H groups in total. The quantitative estimate of drug-likeness (QED) is 0.135. The van der Waals surface area contributed by atoms with Gasteiger partial charge in [0.05, 0.1) is 59.8 Å². The van der Waals surface area contributed by atoms with Crippen molar-refractivity contribution in [3.8, 4) is 0 Å². The molecule has 0 fully saturated rings. The molecule has 0 spiro atoms. The van der Waals surface area contributed by atoms with Gasteiger partial charge in [-0.3, -0.25) is 0 Å². The van der Waals surface area contributed by atoms with E-state index in [1.165, 1.54) is 42.5 Å². The van der Waals surface area contributed by atoms with Gasteiger partial charge in [-0.05, 0) is 54.6 Å². The van der Waals surface area contributed by atoms with Crippen molar-refractivity contribution < 1.29 is 74.4 Å². The van der Waals surface area contributed by atoms with Crippen LogP contribution in [0.2, 0.25) is 0 Å². The van der Waals surface area contributed by atoms with Gasteiger partial charge in [0.25, 0.3) is 0 Å². The number of esters is 2. The van der Waals surface area contributed by atoms with Crippen LogP contribution in [0.5, 0.6) is 0 Å². The van der Waals surface area contributed by atoms with Crippen LogP contribution in [0, 0.1) is 5.41 Å². The first-order valence-corrected chi connectivity index (χ1v) is 13.0. The van der Waals surface area contributed by atoms with E-state index in [9.17, 15) is 28.8 Å². The Balaban J connectivity index is 0.000000573. The molecule has 0 amide bonds. The molecular formula is C31H34O15. The topological polar surface area (TPSA) is 273 Å². The fraction of sp³-hybridized carbons (Fsp3) is 0.226. The summed E-state index contributed by atoms with van der Waals surface area (Å²) >= 11 is 0. The number of cyclic esters (lactones) is 2. The average molecular weight is 647 g/mol. The van der Waals surface area contributed by atoms with Crippen molar-refractivity contribution in [2.45, 2.75) is 13.8 Å². The van der Waals surface area contributed by atoms with Crippen LogP contribution in [0.25, 0.3) is 0 Å². The van der Waals surface area contributed by atoms with Gasteiger partial charge in [0.2, 0.25) is 0 Å². The number of rotatable bonds is 7. The van der Waals surface area contributed by atoms with Crippen molar-refractivity contribution >= 4 is 35.8 Å². The maximum Gasteiger partial charge on any atom is 0.346 e. The number of benzene rings is 3. The number of carbonyl (C=O) groups is 6. The second-order valence-electron chi connectivity index (χ2n) is 9.53. The van der Waals surface area contributed by atoms with Crippen molar-refractivity contribution in [2.24, 2.45) is 5.41 Å². The minimum atomic E-state index is -1.13. The molecule has 4 rings (SSSR count). The molecule has 1 heterocycles. The molecule has 248 valence electrons. The van der Waals surface area contributed by atoms with E-state index in [0.29, 0.717) is 11.1 Å². The Hall–Kier alpha value is -5.48. The lowest BCUT2D eigenvalue weighted by Gasteiger charge is -2.16. The van der Waals surface area contributed by atoms with Crippen molar-refractivity contribution in [1.82, 2.24) is 0 Å². The number of aliphatic hydroxyl groups excluding tert-OH is 4. The van der Waals surface area contributed by atoms with Crippen LogP contribution >= 0.6 is 0 Å². The molecule has 0 saturated carbocycles. The number of carboxylic acid groups (broad SMARTS) is 4. The maximum absolute atomic E-state index is 10.8. The molecule has 15 heteroatoms. The number of ether oxygens (including phenoxy) is 1. The SMILES string of the molecule is CC(C)(CO)CO.O=C(O)c1ccc(C(=O)O)cc1.O=C(O)c1cccc(C(=O)O)c1.O=C1OC(=O)c2ccccc21.OCCO. The zero-order valence-electron chi connectivity index (χ0n) is 24.7. The Kier molecular flexibility index (Phi) is 18.0. The van der Waals surface area contributed by atoms with Gasteiger partial charge in [-0.1, -0.05) is 32.0 Å². The lowest BCUT2D eigenvalue weighted by atomic mass is 9.97. The summed E-state index contributed by atoms with van der Waals surface area (Å²) in [6.07, 6.45) is 0. The molecule has 0 aromatic heterocycles. The monoisotopic (exact) mass is 646 g/mol. The van der Waals surface area contributed by atoms with Gasteiger partial charge in [0.1, 0.15) is 0 Å². The second kappa shape index (κ2) is 20.5. The van der Waals surface area contributed by atoms with Crippen LogP contribution in [-0.4, -0.2) is 103 Å². The van der Waals surface area contributed by atoms with Gasteiger partial charge in [0, 0.05) is 5.41 Å². The average Bonchev–Trinajstić information content (AvgIpc) is 3.34. The summed E-state index contributed by atoms with van der Waals surface area (Å²) in [6, 6.07) is 16.7. The highest BCUT2D eigenvalue weighted by molar-refractivity contribution is 6.14. The first-order valence-electron chi connectivity index (χ1n) is 13.0. The van der Waals surface area contributed by atoms with Gasteiger partial charge in [0.15, 0.2) is 0 Å². The van der Waals surface area contributed by atoms with E-state index in [1.54, 1.807) is 38.1 Å². The molecule has 0 atom stereocenters. The minimum Gasteiger partial charge on any atom is -0.478 e. The van der Waals surface area contributed by atoms with E-state index in [0.717, 1.165) is 6.07 Å². The second-order valence-corrected chi connectivity index (χ2v) is 9.53. The molecule has 0 radical (unpaired) electrons. The third kappa shape index (κ3) is 14.8. The van der Waals surface area contributed by atoms with Crippen molar-refractivity contribution in [2.75, 3.05) is 26.4 Å². The highest BCUT2D eigenvalue weighted by Crippen LogP contribution is 2.18. The standard InChI is InChI=1S/2C8H6O4.C8H4O3.C5H12O2.C2H6O2/c9-7(10)5-1-2-6(4-3-5)8(11)12;9-7(10)5-2-1-3-6(4-5)8(11)12;9-7-5-3-1-2-4-6(5)8(10)11-7;1-5(2,3-6)4-7;3-1-2-4/h2*1-4H,(H,9,10)(H,11,12);1-4H;6-7H,3-4H2,1-2H3;3-4H,1-2H2. The Bertz CT molecular complexity index is 1370. The van der Waals surface area contributed by atoms with Crippen LogP contribution in [0.1, 0.15) is 76.0 Å². The number of hydrogen-bond acceptors (Lipinski definition) is 11. The van der Waals surface area contributed by atoms with Gasteiger partial charge in [-0.25, -0.2) is 28.8 Å². The molecule has 1 aliphatic rings. The molecule has 0 unspecified atom stereocenters. The van der Waals surface area contributed by atoms with Gasteiger partial charge >= 0.3 is 35.8 Å². The first-order chi connectivity index (χ1) is 21.5. The van der Waals surface area contributed by atoms with Crippen LogP contribution in [-0.2, 0) is 4.74 Å². The van der Waals surface area contributed by atoms with E-state index >= 15 is 0 Å². The number of hydrogen-bond donors (Lipinski definition) is 8. The molecule has 1 aliphatic heterocycles. The number of carboxylic acids is 4. The zero-order chi connectivity index (χ0) is 35.4. The zero-order valence-corrected chi connectivity index (χ0v) is 24.7. The summed E-state index contributed by atoms with van der Waals surface area (Å²) in [6.45, 7) is 3.44. The lowest BCUT2D eigenvalue weighted by molar-refractivity contribution is 0.0441. The minimum absolute atomic E-state index is 0.0186. The van der Waals surface area contributed by atoms with Gasteiger partial charge in [-0.2, -0.15) is 0 Å². The molecule has 15 nitrogen and oxygen atoms in total. The third-order valence-corrected chi connectivity index (χ3v) is 5.24. The largest absolute Gasteiger partial charge is 0.478 e. The Morgan fingerprint density at radius 3 is 1.11 bits per heavy atom. The molecular weight excluding hydrogens is 612 g/mol. The van der Waals surface area contributed by atoms with Crippen molar-refractivity contribution in [1.29, 1.82) is 0 Å². The maximum atomic E-state index is 10.8. The van der Waals surface area contributed by atoms with E-state index < -0.39 is 35.8 Å². The van der Waals surface area contributed by atoms with Gasteiger partial charge in [-0.15, -0.1) is 0 Å². The Morgan fingerprint density at radius 2 is 0.870 bits per heavy atom. The molecule has 3 aromatic rings. The van der Waals surface area contributed by atoms with Crippen molar-refractivity contribution in [3.63, 3.8) is 0 Å². The van der Waals surface area contributed by atoms with Crippen LogP contribution in [0.4, 0.5) is 0 Å². The van der Waals surface area contributed by atoms with Gasteiger partial charge < -0.3 is 45.6 Å². The predicted molar refractivity (Wildman–Crippen MR) is 159 cm³/mol. The summed E-state index contributed by atoms with van der Waals surface area (Å²) in [4.78, 5) is 63.1. The normalized spacial score (nSPS) is 10.8. The molecule has 3 aromatic carbocycles. The summed E-state index contributed by atoms with van der Waals surface area (Å²) in [5.41, 5.74) is 0.541.